The lowest BCUT2D eigenvalue weighted by molar-refractivity contribution is 0.527. The van der Waals surface area contributed by atoms with Gasteiger partial charge < -0.3 is 16.4 Å². The molecule has 2 aliphatic rings. The molecule has 0 aromatic heterocycles. The van der Waals surface area contributed by atoms with Gasteiger partial charge in [-0.05, 0) is 85.8 Å². The monoisotopic (exact) mass is 506 g/mol. The van der Waals surface area contributed by atoms with Gasteiger partial charge in [0, 0.05) is 42.3 Å². The van der Waals surface area contributed by atoms with Crippen LogP contribution in [0.1, 0.15) is 50.7 Å². The standard InChI is InChI=1S/C32H38N6/c1-21-4-14-29(36-21)19-35-30(18-33)28-13-12-26-16-25(10-11-27(26)17-28)23-6-8-24(9-7-23)31(20-34-3)38-32-15-5-22(2)37-32/h6-13,16-22,29,32,36-38H,3-5,14-15,33H2,1-2H3/b30-18-,31-20-,35-19?/t21-,22-,29?,32?/m1/s1. The van der Waals surface area contributed by atoms with E-state index in [4.69, 9.17) is 10.7 Å². The molecule has 3 aromatic rings. The van der Waals surface area contributed by atoms with Gasteiger partial charge in [0.05, 0.1) is 17.6 Å². The van der Waals surface area contributed by atoms with Gasteiger partial charge in [-0.3, -0.25) is 15.3 Å². The van der Waals surface area contributed by atoms with Crippen molar-refractivity contribution in [1.82, 2.24) is 16.0 Å². The summed E-state index contributed by atoms with van der Waals surface area (Å²) in [6.45, 7) is 8.08. The zero-order valence-electron chi connectivity index (χ0n) is 22.3. The first-order valence-corrected chi connectivity index (χ1v) is 13.6. The molecule has 0 spiro atoms. The number of hydrogen-bond acceptors (Lipinski definition) is 6. The van der Waals surface area contributed by atoms with Crippen molar-refractivity contribution >= 4 is 35.1 Å². The number of hydrogen-bond donors (Lipinski definition) is 4. The first-order chi connectivity index (χ1) is 18.5. The van der Waals surface area contributed by atoms with Crippen LogP contribution in [0.3, 0.4) is 0 Å². The topological polar surface area (TPSA) is 86.8 Å². The van der Waals surface area contributed by atoms with E-state index in [9.17, 15) is 0 Å². The average molecular weight is 507 g/mol. The molecule has 0 saturated carbocycles. The lowest BCUT2D eigenvalue weighted by Crippen LogP contribution is -2.38. The van der Waals surface area contributed by atoms with Crippen LogP contribution in [0.25, 0.3) is 33.3 Å². The van der Waals surface area contributed by atoms with Crippen molar-refractivity contribution in [3.63, 3.8) is 0 Å². The van der Waals surface area contributed by atoms with Gasteiger partial charge in [0.25, 0.3) is 0 Å². The molecule has 0 amide bonds. The SMILES string of the molecule is C=N/C=C(\NC1CC[C@@H](C)N1)c1ccc(-c2ccc3cc(/C(=C/N)N=CC4CC[C@@H](C)N4)ccc3c2)cc1. The normalized spacial score (nSPS) is 24.4. The van der Waals surface area contributed by atoms with Gasteiger partial charge in [-0.15, -0.1) is 0 Å². The largest absolute Gasteiger partial charge is 0.403 e. The number of rotatable bonds is 8. The highest BCUT2D eigenvalue weighted by Crippen LogP contribution is 2.28. The van der Waals surface area contributed by atoms with Gasteiger partial charge in [0.15, 0.2) is 0 Å². The van der Waals surface area contributed by atoms with Gasteiger partial charge in [0.1, 0.15) is 0 Å². The maximum Gasteiger partial charge on any atom is 0.0853 e. The van der Waals surface area contributed by atoms with Gasteiger partial charge in [-0.25, -0.2) is 0 Å². The zero-order valence-corrected chi connectivity index (χ0v) is 22.3. The Labute approximate surface area is 225 Å². The van der Waals surface area contributed by atoms with E-state index in [0.29, 0.717) is 18.1 Å². The molecule has 2 heterocycles. The van der Waals surface area contributed by atoms with E-state index < -0.39 is 0 Å². The van der Waals surface area contributed by atoms with Crippen molar-refractivity contribution in [3.8, 4) is 11.1 Å². The first kappa shape index (κ1) is 25.9. The second-order valence-electron chi connectivity index (χ2n) is 10.5. The Hall–Kier alpha value is -3.74. The van der Waals surface area contributed by atoms with E-state index in [0.717, 1.165) is 40.7 Å². The van der Waals surface area contributed by atoms with Crippen LogP contribution < -0.4 is 21.7 Å². The van der Waals surface area contributed by atoms with Crippen molar-refractivity contribution in [2.75, 3.05) is 0 Å². The smallest absolute Gasteiger partial charge is 0.0853 e. The molecule has 38 heavy (non-hydrogen) atoms. The fourth-order valence-electron chi connectivity index (χ4n) is 5.40. The highest BCUT2D eigenvalue weighted by Gasteiger charge is 2.21. The van der Waals surface area contributed by atoms with E-state index in [1.807, 2.05) is 6.21 Å². The zero-order chi connectivity index (χ0) is 26.5. The third-order valence-corrected chi connectivity index (χ3v) is 7.55. The van der Waals surface area contributed by atoms with Crippen LogP contribution in [0.4, 0.5) is 0 Å². The minimum absolute atomic E-state index is 0.256. The fraction of sp³-hybridized carbons (Fsp3) is 0.312. The summed E-state index contributed by atoms with van der Waals surface area (Å²) in [6, 6.07) is 23.0. The van der Waals surface area contributed by atoms with Crippen LogP contribution in [-0.4, -0.2) is 37.2 Å². The molecule has 2 saturated heterocycles. The van der Waals surface area contributed by atoms with E-state index >= 15 is 0 Å². The molecule has 5 rings (SSSR count). The van der Waals surface area contributed by atoms with Crippen molar-refractivity contribution in [2.24, 2.45) is 15.7 Å². The number of nitrogens with one attached hydrogen (secondary N) is 3. The highest BCUT2D eigenvalue weighted by atomic mass is 15.2. The van der Waals surface area contributed by atoms with Crippen molar-refractivity contribution in [3.05, 3.63) is 84.2 Å². The number of nitrogens with zero attached hydrogens (tertiary/aromatic N) is 2. The summed E-state index contributed by atoms with van der Waals surface area (Å²) in [5.74, 6) is 0. The molecule has 0 radical (unpaired) electrons. The summed E-state index contributed by atoms with van der Waals surface area (Å²) in [5.41, 5.74) is 12.2. The average Bonchev–Trinajstić information content (AvgIpc) is 3.55. The molecular weight excluding hydrogens is 468 g/mol. The molecule has 2 unspecified atom stereocenters. The summed E-state index contributed by atoms with van der Waals surface area (Å²) >= 11 is 0. The summed E-state index contributed by atoms with van der Waals surface area (Å²) < 4.78 is 0. The molecule has 196 valence electrons. The predicted octanol–water partition coefficient (Wildman–Crippen LogP) is 5.66. The third kappa shape index (κ3) is 6.04. The summed E-state index contributed by atoms with van der Waals surface area (Å²) in [6.07, 6.45) is 10.2. The molecule has 0 aliphatic carbocycles. The fourth-order valence-corrected chi connectivity index (χ4v) is 5.40. The van der Waals surface area contributed by atoms with Crippen LogP contribution in [0.5, 0.6) is 0 Å². The molecule has 5 N–H and O–H groups in total. The van der Waals surface area contributed by atoms with Gasteiger partial charge in [-0.2, -0.15) is 0 Å². The Morgan fingerprint density at radius 2 is 1.55 bits per heavy atom. The summed E-state index contributed by atoms with van der Waals surface area (Å²) in [4.78, 5) is 8.72. The molecule has 4 atom stereocenters. The van der Waals surface area contributed by atoms with E-state index in [1.54, 1.807) is 12.4 Å². The van der Waals surface area contributed by atoms with Crippen LogP contribution in [0.15, 0.2) is 83.0 Å². The molecular formula is C32H38N6. The highest BCUT2D eigenvalue weighted by molar-refractivity contribution is 5.90. The van der Waals surface area contributed by atoms with Crippen molar-refractivity contribution < 1.29 is 0 Å². The second kappa shape index (κ2) is 11.8. The molecule has 2 fully saturated rings. The number of nitrogens with two attached hydrogens (primary N) is 1. The second-order valence-corrected chi connectivity index (χ2v) is 10.5. The van der Waals surface area contributed by atoms with E-state index in [1.165, 1.54) is 29.4 Å². The molecule has 6 heteroatoms. The molecule has 6 nitrogen and oxygen atoms in total. The lowest BCUT2D eigenvalue weighted by atomic mass is 9.98. The number of benzene rings is 3. The quantitative estimate of drug-likeness (QED) is 0.297. The Kier molecular flexibility index (Phi) is 8.01. The van der Waals surface area contributed by atoms with Crippen LogP contribution in [0.2, 0.25) is 0 Å². The van der Waals surface area contributed by atoms with Gasteiger partial charge in [-0.1, -0.05) is 48.5 Å². The maximum absolute atomic E-state index is 5.95. The molecule has 0 bridgehead atoms. The maximum atomic E-state index is 5.95. The molecule has 2 aliphatic heterocycles. The summed E-state index contributed by atoms with van der Waals surface area (Å²) in [7, 11) is 0. The van der Waals surface area contributed by atoms with Crippen LogP contribution in [-0.2, 0) is 0 Å². The Bertz CT molecular complexity index is 1370. The van der Waals surface area contributed by atoms with Crippen LogP contribution >= 0.6 is 0 Å². The number of fused-ring (bicyclic) bond motifs is 1. The third-order valence-electron chi connectivity index (χ3n) is 7.55. The lowest BCUT2D eigenvalue weighted by Gasteiger charge is -2.18. The van der Waals surface area contributed by atoms with Crippen molar-refractivity contribution in [2.45, 2.75) is 63.8 Å². The Balaban J connectivity index is 1.32. The first-order valence-electron chi connectivity index (χ1n) is 13.6. The van der Waals surface area contributed by atoms with Gasteiger partial charge in [0.2, 0.25) is 0 Å². The van der Waals surface area contributed by atoms with Crippen LogP contribution in [0, 0.1) is 0 Å². The molecule has 3 aromatic carbocycles. The van der Waals surface area contributed by atoms with Gasteiger partial charge >= 0.3 is 0 Å². The van der Waals surface area contributed by atoms with E-state index in [2.05, 4.69) is 102 Å². The minimum Gasteiger partial charge on any atom is -0.403 e. The Morgan fingerprint density at radius 1 is 0.868 bits per heavy atom. The number of aliphatic imine (C=N–C) groups is 2. The minimum atomic E-state index is 0.256. The van der Waals surface area contributed by atoms with E-state index in [-0.39, 0.29) is 6.17 Å². The Morgan fingerprint density at radius 3 is 2.24 bits per heavy atom. The summed E-state index contributed by atoms with van der Waals surface area (Å²) in [5, 5.41) is 13.0. The predicted molar refractivity (Wildman–Crippen MR) is 162 cm³/mol. The van der Waals surface area contributed by atoms with Crippen molar-refractivity contribution in [1.29, 1.82) is 0 Å².